The van der Waals surface area contributed by atoms with Gasteiger partial charge in [0.2, 0.25) is 15.9 Å². The second kappa shape index (κ2) is 9.21. The largest absolute Gasteiger partial charge is 0.494 e. The predicted octanol–water partition coefficient (Wildman–Crippen LogP) is 3.66. The Bertz CT molecular complexity index is 935. The minimum Gasteiger partial charge on any atom is -0.494 e. The predicted molar refractivity (Wildman–Crippen MR) is 111 cm³/mol. The zero-order valence-corrected chi connectivity index (χ0v) is 17.9. The molecule has 0 saturated carbocycles. The van der Waals surface area contributed by atoms with E-state index in [2.05, 4.69) is 5.32 Å². The van der Waals surface area contributed by atoms with Gasteiger partial charge in [-0.25, -0.2) is 8.42 Å². The number of para-hydroxylation sites is 1. The van der Waals surface area contributed by atoms with Gasteiger partial charge in [-0.3, -0.25) is 4.79 Å². The molecule has 7 heteroatoms. The molecule has 6 nitrogen and oxygen atoms in total. The van der Waals surface area contributed by atoms with E-state index in [9.17, 15) is 13.2 Å². The standard InChI is InChI=1S/C21H28N2O4S/c1-6-23(14-20(24)22-21-15(3)9-8-10-16(21)4)28(25,26)18-11-12-19(27-7-2)17(5)13-18/h8-13H,6-7,14H2,1-5H3,(H,22,24). The molecule has 0 unspecified atom stereocenters. The third-order valence-corrected chi connectivity index (χ3v) is 6.42. The van der Waals surface area contributed by atoms with Crippen molar-refractivity contribution in [2.24, 2.45) is 0 Å². The van der Waals surface area contributed by atoms with Gasteiger partial charge in [-0.05, 0) is 62.6 Å². The van der Waals surface area contributed by atoms with Gasteiger partial charge in [0.05, 0.1) is 18.0 Å². The van der Waals surface area contributed by atoms with E-state index in [4.69, 9.17) is 4.74 Å². The van der Waals surface area contributed by atoms with Crippen LogP contribution in [0.25, 0.3) is 0 Å². The van der Waals surface area contributed by atoms with Crippen LogP contribution in [0, 0.1) is 20.8 Å². The first-order chi connectivity index (χ1) is 13.2. The molecule has 1 amide bonds. The van der Waals surface area contributed by atoms with Crippen LogP contribution in [0.5, 0.6) is 5.75 Å². The van der Waals surface area contributed by atoms with Crippen molar-refractivity contribution in [3.63, 3.8) is 0 Å². The van der Waals surface area contributed by atoms with Crippen LogP contribution >= 0.6 is 0 Å². The van der Waals surface area contributed by atoms with Crippen molar-refractivity contribution in [1.29, 1.82) is 0 Å². The maximum Gasteiger partial charge on any atom is 0.243 e. The number of aryl methyl sites for hydroxylation is 3. The van der Waals surface area contributed by atoms with Gasteiger partial charge in [0.25, 0.3) is 0 Å². The summed E-state index contributed by atoms with van der Waals surface area (Å²) in [6.07, 6.45) is 0. The number of likely N-dealkylation sites (N-methyl/N-ethyl adjacent to an activating group) is 1. The fourth-order valence-electron chi connectivity index (χ4n) is 2.97. The number of carbonyl (C=O) groups excluding carboxylic acids is 1. The van der Waals surface area contributed by atoms with Gasteiger partial charge in [0, 0.05) is 12.2 Å². The highest BCUT2D eigenvalue weighted by Gasteiger charge is 2.26. The molecule has 2 aromatic rings. The Balaban J connectivity index is 2.21. The molecule has 0 aliphatic carbocycles. The van der Waals surface area contributed by atoms with Gasteiger partial charge in [0.15, 0.2) is 0 Å². The van der Waals surface area contributed by atoms with Crippen LogP contribution in [0.2, 0.25) is 0 Å². The molecule has 0 fully saturated rings. The highest BCUT2D eigenvalue weighted by Crippen LogP contribution is 2.24. The quantitative estimate of drug-likeness (QED) is 0.728. The summed E-state index contributed by atoms with van der Waals surface area (Å²) in [4.78, 5) is 12.7. The average molecular weight is 405 g/mol. The van der Waals surface area contributed by atoms with Crippen LogP contribution in [-0.4, -0.2) is 38.3 Å². The molecule has 0 spiro atoms. The van der Waals surface area contributed by atoms with Gasteiger partial charge in [0.1, 0.15) is 5.75 Å². The first-order valence-electron chi connectivity index (χ1n) is 9.30. The summed E-state index contributed by atoms with van der Waals surface area (Å²) in [6.45, 7) is 9.64. The van der Waals surface area contributed by atoms with E-state index in [1.807, 2.05) is 39.0 Å². The highest BCUT2D eigenvalue weighted by atomic mass is 32.2. The van der Waals surface area contributed by atoms with Crippen molar-refractivity contribution in [3.8, 4) is 5.75 Å². The molecule has 28 heavy (non-hydrogen) atoms. The lowest BCUT2D eigenvalue weighted by molar-refractivity contribution is -0.116. The van der Waals surface area contributed by atoms with Crippen LogP contribution in [0.3, 0.4) is 0 Å². The minimum atomic E-state index is -3.80. The number of nitrogens with zero attached hydrogens (tertiary/aromatic N) is 1. The number of sulfonamides is 1. The lowest BCUT2D eigenvalue weighted by Crippen LogP contribution is -2.38. The monoisotopic (exact) mass is 404 g/mol. The second-order valence-electron chi connectivity index (χ2n) is 6.61. The zero-order chi connectivity index (χ0) is 20.9. The first-order valence-corrected chi connectivity index (χ1v) is 10.7. The van der Waals surface area contributed by atoms with Crippen LogP contribution in [0.15, 0.2) is 41.3 Å². The molecular formula is C21H28N2O4S. The van der Waals surface area contributed by atoms with E-state index in [0.717, 1.165) is 22.4 Å². The first kappa shape index (κ1) is 21.9. The van der Waals surface area contributed by atoms with E-state index in [1.165, 1.54) is 10.4 Å². The summed E-state index contributed by atoms with van der Waals surface area (Å²) in [5, 5.41) is 2.84. The van der Waals surface area contributed by atoms with E-state index < -0.39 is 10.0 Å². The molecular weight excluding hydrogens is 376 g/mol. The summed E-state index contributed by atoms with van der Waals surface area (Å²) in [6, 6.07) is 10.5. The maximum atomic E-state index is 13.0. The van der Waals surface area contributed by atoms with Crippen molar-refractivity contribution < 1.29 is 17.9 Å². The Morgan fingerprint density at radius 2 is 1.68 bits per heavy atom. The number of anilines is 1. The van der Waals surface area contributed by atoms with E-state index in [-0.39, 0.29) is 23.9 Å². The molecule has 0 heterocycles. The minimum absolute atomic E-state index is 0.148. The summed E-state index contributed by atoms with van der Waals surface area (Å²) in [7, 11) is -3.80. The summed E-state index contributed by atoms with van der Waals surface area (Å²) < 4.78 is 32.7. The summed E-state index contributed by atoms with van der Waals surface area (Å²) in [5.41, 5.74) is 3.32. The van der Waals surface area contributed by atoms with Crippen LogP contribution < -0.4 is 10.1 Å². The van der Waals surface area contributed by atoms with Gasteiger partial charge in [-0.1, -0.05) is 25.1 Å². The van der Waals surface area contributed by atoms with Crippen molar-refractivity contribution in [3.05, 3.63) is 53.1 Å². The van der Waals surface area contributed by atoms with Gasteiger partial charge < -0.3 is 10.1 Å². The highest BCUT2D eigenvalue weighted by molar-refractivity contribution is 7.89. The van der Waals surface area contributed by atoms with E-state index in [1.54, 1.807) is 26.0 Å². The van der Waals surface area contributed by atoms with Gasteiger partial charge >= 0.3 is 0 Å². The van der Waals surface area contributed by atoms with E-state index in [0.29, 0.717) is 12.4 Å². The SMILES string of the molecule is CCOc1ccc(S(=O)(=O)N(CC)CC(=O)Nc2c(C)cccc2C)cc1C. The Morgan fingerprint density at radius 1 is 1.04 bits per heavy atom. The second-order valence-corrected chi connectivity index (χ2v) is 8.54. The Labute approximate surface area is 167 Å². The van der Waals surface area contributed by atoms with Crippen molar-refractivity contribution in [2.75, 3.05) is 25.0 Å². The molecule has 1 N–H and O–H groups in total. The van der Waals surface area contributed by atoms with Gasteiger partial charge in [-0.2, -0.15) is 4.31 Å². The molecule has 0 aromatic heterocycles. The number of nitrogens with one attached hydrogen (secondary N) is 1. The van der Waals surface area contributed by atoms with Crippen LogP contribution in [0.1, 0.15) is 30.5 Å². The third kappa shape index (κ3) is 4.91. The molecule has 0 aliphatic heterocycles. The lowest BCUT2D eigenvalue weighted by Gasteiger charge is -2.21. The third-order valence-electron chi connectivity index (χ3n) is 4.50. The van der Waals surface area contributed by atoms with Gasteiger partial charge in [-0.15, -0.1) is 0 Å². The zero-order valence-electron chi connectivity index (χ0n) is 17.1. The number of hydrogen-bond donors (Lipinski definition) is 1. The number of rotatable bonds is 8. The fourth-order valence-corrected chi connectivity index (χ4v) is 4.46. The van der Waals surface area contributed by atoms with Crippen molar-refractivity contribution in [1.82, 2.24) is 4.31 Å². The average Bonchev–Trinajstić information content (AvgIpc) is 2.64. The molecule has 2 aromatic carbocycles. The van der Waals surface area contributed by atoms with Crippen LogP contribution in [0.4, 0.5) is 5.69 Å². The molecule has 0 radical (unpaired) electrons. The van der Waals surface area contributed by atoms with E-state index >= 15 is 0 Å². The van der Waals surface area contributed by atoms with Crippen LogP contribution in [-0.2, 0) is 14.8 Å². The Morgan fingerprint density at radius 3 is 2.21 bits per heavy atom. The number of ether oxygens (including phenoxy) is 1. The fraction of sp³-hybridized carbons (Fsp3) is 0.381. The topological polar surface area (TPSA) is 75.7 Å². The lowest BCUT2D eigenvalue weighted by atomic mass is 10.1. The normalized spacial score (nSPS) is 11.5. The molecule has 0 bridgehead atoms. The van der Waals surface area contributed by atoms with Crippen molar-refractivity contribution in [2.45, 2.75) is 39.5 Å². The smallest absolute Gasteiger partial charge is 0.243 e. The molecule has 0 aliphatic rings. The molecule has 0 saturated heterocycles. The summed E-state index contributed by atoms with van der Waals surface area (Å²) >= 11 is 0. The molecule has 2 rings (SSSR count). The number of hydrogen-bond acceptors (Lipinski definition) is 4. The Kier molecular flexibility index (Phi) is 7.21. The number of benzene rings is 2. The summed E-state index contributed by atoms with van der Waals surface area (Å²) in [5.74, 6) is 0.280. The number of amides is 1. The maximum absolute atomic E-state index is 13.0. The molecule has 152 valence electrons. The van der Waals surface area contributed by atoms with Crippen molar-refractivity contribution >= 4 is 21.6 Å². The molecule has 0 atom stereocenters. The number of carbonyl (C=O) groups is 1. The Hall–Kier alpha value is -2.38.